The molecule has 5 unspecified atom stereocenters. The first kappa shape index (κ1) is 59.4. The molecule has 0 saturated heterocycles. The minimum absolute atomic E-state index is 0.00430. The third-order valence-corrected chi connectivity index (χ3v) is 11.6. The van der Waals surface area contributed by atoms with Crippen molar-refractivity contribution in [3.8, 4) is 0 Å². The number of esters is 2. The number of phosphoric acid groups is 2. The summed E-state index contributed by atoms with van der Waals surface area (Å²) in [6.45, 7) is 2.78. The van der Waals surface area contributed by atoms with E-state index in [-0.39, 0.29) is 18.6 Å². The van der Waals surface area contributed by atoms with Crippen molar-refractivity contribution in [1.29, 1.82) is 0 Å². The van der Waals surface area contributed by atoms with Crippen LogP contribution in [-0.2, 0) is 46.6 Å². The van der Waals surface area contributed by atoms with E-state index in [4.69, 9.17) is 28.3 Å². The standard InChI is InChI=1S/C45H76O17P2/c1-3-5-7-8-9-10-11-12-13-14-15-18-22-25-29-33-39(48)60-37(34-58-38(47)32-28-24-21-19-16-17-20-23-27-31-36(46)30-26-6-4-2)35-59-64(56,57)62-45-42(51)40(49)41(50)44(43(45)52)61-63(53,54)55/h5,7,9-10,12-13,20,23,27,31,37,40-45,49-52H,3-4,6,8,11,14-19,21-22,24-26,28-30,32-35H2,1-2H3,(H,56,57)(H2,53,54,55)/b7-5-,10-9-,13-12-,23-20-,31-27+/t37-,40?,41?,42?,43?,44-,45+/m1/s1. The minimum Gasteiger partial charge on any atom is -0.462 e. The summed E-state index contributed by atoms with van der Waals surface area (Å²) in [5.41, 5.74) is 0. The number of aliphatic hydroxyl groups is 4. The third-order valence-electron chi connectivity index (χ3n) is 10.1. The second-order valence-corrected chi connectivity index (χ2v) is 18.4. The van der Waals surface area contributed by atoms with E-state index in [2.05, 4.69) is 54.8 Å². The number of unbranched alkanes of at least 4 members (excludes halogenated alkanes) is 12. The Bertz CT molecular complexity index is 1540. The Hall–Kier alpha value is -2.63. The van der Waals surface area contributed by atoms with Crippen molar-refractivity contribution < 1.29 is 81.7 Å². The zero-order valence-electron chi connectivity index (χ0n) is 37.7. The van der Waals surface area contributed by atoms with Crippen molar-refractivity contribution in [2.24, 2.45) is 0 Å². The maximum atomic E-state index is 13.0. The highest BCUT2D eigenvalue weighted by Gasteiger charge is 2.54. The van der Waals surface area contributed by atoms with Crippen molar-refractivity contribution in [3.63, 3.8) is 0 Å². The van der Waals surface area contributed by atoms with E-state index in [0.29, 0.717) is 19.3 Å². The maximum Gasteiger partial charge on any atom is 0.472 e. The highest BCUT2D eigenvalue weighted by molar-refractivity contribution is 7.47. The van der Waals surface area contributed by atoms with Gasteiger partial charge in [0.25, 0.3) is 0 Å². The van der Waals surface area contributed by atoms with Gasteiger partial charge in [-0.3, -0.25) is 28.0 Å². The SMILES string of the molecule is CC/C=C\C/C=C\C/C=C\CCCCCCCC(=O)O[C@H](COC(=O)CCCCCCC/C=C\C=C\C(=O)CCCCC)COP(=O)(O)O[C@H]1C(O)C(O)C(O)[C@@H](OP(=O)(O)O)C1O. The fourth-order valence-electron chi connectivity index (χ4n) is 6.49. The van der Waals surface area contributed by atoms with Crippen molar-refractivity contribution in [1.82, 2.24) is 0 Å². The summed E-state index contributed by atoms with van der Waals surface area (Å²) in [5, 5.41) is 41.2. The lowest BCUT2D eigenvalue weighted by atomic mass is 9.85. The van der Waals surface area contributed by atoms with Gasteiger partial charge >= 0.3 is 27.6 Å². The minimum atomic E-state index is -5.38. The van der Waals surface area contributed by atoms with Crippen LogP contribution in [0.3, 0.4) is 0 Å². The number of hydrogen-bond acceptors (Lipinski definition) is 14. The Kier molecular flexibility index (Phi) is 33.0. The fraction of sp³-hybridized carbons (Fsp3) is 0.711. The Morgan fingerprint density at radius 3 is 1.70 bits per heavy atom. The molecule has 0 aromatic carbocycles. The highest BCUT2D eigenvalue weighted by atomic mass is 31.2. The topological polar surface area (TPSA) is 273 Å². The van der Waals surface area contributed by atoms with Gasteiger partial charge in [-0.25, -0.2) is 9.13 Å². The van der Waals surface area contributed by atoms with Gasteiger partial charge in [0.05, 0.1) is 6.61 Å². The second-order valence-electron chi connectivity index (χ2n) is 15.8. The van der Waals surface area contributed by atoms with Crippen LogP contribution in [0.25, 0.3) is 0 Å². The highest BCUT2D eigenvalue weighted by Crippen LogP contribution is 2.49. The smallest absolute Gasteiger partial charge is 0.462 e. The molecule has 1 saturated carbocycles. The van der Waals surface area contributed by atoms with Gasteiger partial charge in [-0.1, -0.05) is 120 Å². The van der Waals surface area contributed by atoms with Gasteiger partial charge in [0.15, 0.2) is 11.9 Å². The van der Waals surface area contributed by atoms with E-state index in [9.17, 15) is 48.8 Å². The van der Waals surface area contributed by atoms with Crippen LogP contribution in [0.15, 0.2) is 60.8 Å². The largest absolute Gasteiger partial charge is 0.472 e. The normalized spacial score (nSPS) is 22.3. The first-order valence-electron chi connectivity index (χ1n) is 22.8. The predicted molar refractivity (Wildman–Crippen MR) is 241 cm³/mol. The summed E-state index contributed by atoms with van der Waals surface area (Å²) in [6.07, 6.45) is 21.6. The first-order valence-corrected chi connectivity index (χ1v) is 25.8. The van der Waals surface area contributed by atoms with E-state index in [1.54, 1.807) is 12.2 Å². The molecular formula is C45H76O17P2. The van der Waals surface area contributed by atoms with Crippen LogP contribution >= 0.6 is 15.6 Å². The molecule has 0 bridgehead atoms. The predicted octanol–water partition coefficient (Wildman–Crippen LogP) is 7.46. The lowest BCUT2D eigenvalue weighted by Gasteiger charge is -2.43. The average Bonchev–Trinajstić information content (AvgIpc) is 3.24. The van der Waals surface area contributed by atoms with Crippen LogP contribution < -0.4 is 0 Å². The van der Waals surface area contributed by atoms with Gasteiger partial charge in [0, 0.05) is 19.3 Å². The number of ketones is 1. The molecule has 1 aliphatic rings. The molecule has 64 heavy (non-hydrogen) atoms. The van der Waals surface area contributed by atoms with Crippen molar-refractivity contribution in [2.45, 2.75) is 191 Å². The summed E-state index contributed by atoms with van der Waals surface area (Å²) in [4.78, 5) is 66.0. The van der Waals surface area contributed by atoms with Gasteiger partial charge in [0.2, 0.25) is 0 Å². The molecule has 19 heteroatoms. The maximum absolute atomic E-state index is 13.0. The van der Waals surface area contributed by atoms with E-state index >= 15 is 0 Å². The van der Waals surface area contributed by atoms with Crippen molar-refractivity contribution in [2.75, 3.05) is 13.2 Å². The molecule has 0 radical (unpaired) electrons. The van der Waals surface area contributed by atoms with Crippen LogP contribution in [0.4, 0.5) is 0 Å². The molecule has 1 fully saturated rings. The molecule has 1 aliphatic carbocycles. The van der Waals surface area contributed by atoms with E-state index in [0.717, 1.165) is 103 Å². The number of hydrogen-bond donors (Lipinski definition) is 7. The Balaban J connectivity index is 2.65. The molecule has 0 aromatic heterocycles. The van der Waals surface area contributed by atoms with E-state index < -0.39 is 83.5 Å². The Morgan fingerprint density at radius 1 is 0.562 bits per heavy atom. The zero-order chi connectivity index (χ0) is 47.6. The summed E-state index contributed by atoms with van der Waals surface area (Å²) in [6, 6.07) is 0. The number of allylic oxidation sites excluding steroid dienone is 10. The van der Waals surface area contributed by atoms with Crippen LogP contribution in [0.2, 0.25) is 0 Å². The molecule has 7 N–H and O–H groups in total. The molecule has 368 valence electrons. The molecule has 17 nitrogen and oxygen atoms in total. The molecule has 8 atom stereocenters. The molecule has 1 rings (SSSR count). The average molecular weight is 951 g/mol. The number of carbonyl (C=O) groups is 3. The first-order chi connectivity index (χ1) is 30.5. The monoisotopic (exact) mass is 950 g/mol. The molecule has 0 amide bonds. The summed E-state index contributed by atoms with van der Waals surface area (Å²) < 4.78 is 49.2. The van der Waals surface area contributed by atoms with Crippen LogP contribution in [-0.4, -0.2) is 109 Å². The molecule has 0 aromatic rings. The van der Waals surface area contributed by atoms with Gasteiger partial charge in [0.1, 0.15) is 43.2 Å². The number of carbonyl (C=O) groups excluding carboxylic acids is 3. The van der Waals surface area contributed by atoms with Gasteiger partial charge in [-0.05, 0) is 70.3 Å². The molecule has 0 heterocycles. The van der Waals surface area contributed by atoms with Crippen LogP contribution in [0.5, 0.6) is 0 Å². The van der Waals surface area contributed by atoms with E-state index in [1.165, 1.54) is 0 Å². The van der Waals surface area contributed by atoms with Crippen LogP contribution in [0, 0.1) is 0 Å². The van der Waals surface area contributed by atoms with Crippen molar-refractivity contribution >= 4 is 33.4 Å². The Morgan fingerprint density at radius 2 is 1.09 bits per heavy atom. The fourth-order valence-corrected chi connectivity index (χ4v) is 8.03. The lowest BCUT2D eigenvalue weighted by Crippen LogP contribution is -2.64. The number of aliphatic hydroxyl groups excluding tert-OH is 4. The number of ether oxygens (including phenoxy) is 2. The quantitative estimate of drug-likeness (QED) is 0.00795. The molecular weight excluding hydrogens is 874 g/mol. The van der Waals surface area contributed by atoms with Crippen LogP contribution in [0.1, 0.15) is 149 Å². The van der Waals surface area contributed by atoms with Gasteiger partial charge in [-0.15, -0.1) is 0 Å². The lowest BCUT2D eigenvalue weighted by molar-refractivity contribution is -0.216. The third kappa shape index (κ3) is 29.8. The van der Waals surface area contributed by atoms with Crippen molar-refractivity contribution in [3.05, 3.63) is 60.8 Å². The Labute approximate surface area is 379 Å². The zero-order valence-corrected chi connectivity index (χ0v) is 39.5. The molecule has 0 spiro atoms. The second kappa shape index (κ2) is 35.5. The van der Waals surface area contributed by atoms with E-state index in [1.807, 2.05) is 12.2 Å². The summed E-state index contributed by atoms with van der Waals surface area (Å²) >= 11 is 0. The summed E-state index contributed by atoms with van der Waals surface area (Å²) in [5.74, 6) is -1.16. The van der Waals surface area contributed by atoms with Gasteiger partial charge in [-0.2, -0.15) is 0 Å². The molecule has 0 aliphatic heterocycles. The summed E-state index contributed by atoms with van der Waals surface area (Å²) in [7, 11) is -10.7. The number of phosphoric ester groups is 2. The van der Waals surface area contributed by atoms with Gasteiger partial charge < -0.3 is 44.6 Å². The number of rotatable bonds is 37.